The average molecular weight is 318 g/mol. The van der Waals surface area contributed by atoms with Crippen LogP contribution in [0.5, 0.6) is 0 Å². The van der Waals surface area contributed by atoms with Crippen LogP contribution in [0.2, 0.25) is 0 Å². The van der Waals surface area contributed by atoms with Crippen molar-refractivity contribution in [2.75, 3.05) is 13.7 Å². The summed E-state index contributed by atoms with van der Waals surface area (Å²) in [5, 5.41) is 11.1. The summed E-state index contributed by atoms with van der Waals surface area (Å²) in [6, 6.07) is 1.21. The van der Waals surface area contributed by atoms with Crippen molar-refractivity contribution in [2.45, 2.75) is 20.8 Å². The maximum Gasteiger partial charge on any atom is 1.00 e. The molecule has 0 amide bonds. The molecule has 0 unspecified atom stereocenters. The molecule has 0 aliphatic rings. The molecule has 0 aliphatic heterocycles. The van der Waals surface area contributed by atoms with Gasteiger partial charge in [-0.3, -0.25) is 0 Å². The number of hydrogen-bond acceptors (Lipinski definition) is 6. The molecule has 6 nitrogen and oxygen atoms in total. The minimum absolute atomic E-state index is 0. The van der Waals surface area contributed by atoms with Gasteiger partial charge in [0.2, 0.25) is 0 Å². The van der Waals surface area contributed by atoms with E-state index in [0.717, 1.165) is 7.11 Å². The van der Waals surface area contributed by atoms with Crippen LogP contribution in [0.3, 0.4) is 0 Å². The first-order valence-electron chi connectivity index (χ1n) is 5.96. The Morgan fingerprint density at radius 2 is 1.71 bits per heavy atom. The van der Waals surface area contributed by atoms with Gasteiger partial charge in [-0.05, 0) is 38.0 Å². The minimum Gasteiger partial charge on any atom is -0.545 e. The number of rotatable bonds is 4. The van der Waals surface area contributed by atoms with Crippen LogP contribution >= 0.6 is 0 Å². The van der Waals surface area contributed by atoms with Gasteiger partial charge < -0.3 is 19.4 Å². The molecule has 0 atom stereocenters. The van der Waals surface area contributed by atoms with Crippen LogP contribution in [-0.4, -0.2) is 31.6 Å². The topological polar surface area (TPSA) is 92.7 Å². The van der Waals surface area contributed by atoms with Crippen molar-refractivity contribution in [2.24, 2.45) is 0 Å². The normalized spacial score (nSPS) is 9.52. The van der Waals surface area contributed by atoms with Crippen molar-refractivity contribution in [3.05, 3.63) is 33.9 Å². The smallest absolute Gasteiger partial charge is 0.545 e. The third-order valence-electron chi connectivity index (χ3n) is 2.86. The second-order valence-electron chi connectivity index (χ2n) is 4.12. The summed E-state index contributed by atoms with van der Waals surface area (Å²) < 4.78 is 9.46. The summed E-state index contributed by atoms with van der Waals surface area (Å²) in [6.07, 6.45) is 0. The second-order valence-corrected chi connectivity index (χ2v) is 4.12. The Balaban J connectivity index is 0.00000400. The monoisotopic (exact) mass is 318 g/mol. The van der Waals surface area contributed by atoms with Crippen LogP contribution in [0.15, 0.2) is 6.07 Å². The van der Waals surface area contributed by atoms with Gasteiger partial charge in [0.25, 0.3) is 0 Å². The van der Waals surface area contributed by atoms with Crippen molar-refractivity contribution >= 4 is 17.9 Å². The first-order valence-corrected chi connectivity index (χ1v) is 5.96. The molecule has 0 saturated carbocycles. The van der Waals surface area contributed by atoms with Crippen molar-refractivity contribution in [3.63, 3.8) is 0 Å². The molecule has 0 aromatic heterocycles. The molecule has 108 valence electrons. The Morgan fingerprint density at radius 1 is 1.14 bits per heavy atom. The summed E-state index contributed by atoms with van der Waals surface area (Å²) in [5.41, 5.74) is 0.264. The predicted molar refractivity (Wildman–Crippen MR) is 67.5 cm³/mol. The molecule has 1 rings (SSSR count). The van der Waals surface area contributed by atoms with Crippen LogP contribution < -0.4 is 56.5 Å². The van der Waals surface area contributed by atoms with Gasteiger partial charge in [-0.2, -0.15) is 0 Å². The number of esters is 2. The van der Waals surface area contributed by atoms with Crippen molar-refractivity contribution in [1.29, 1.82) is 0 Å². The number of carboxylic acids is 1. The van der Waals surface area contributed by atoms with Gasteiger partial charge in [0.15, 0.2) is 0 Å². The molecule has 0 aliphatic carbocycles. The first kappa shape index (κ1) is 20.3. The number of aryl methyl sites for hydroxylation is 1. The molecule has 0 spiro atoms. The molecule has 7 heteroatoms. The summed E-state index contributed by atoms with van der Waals surface area (Å²) in [6.45, 7) is 4.86. The van der Waals surface area contributed by atoms with Crippen LogP contribution in [0.25, 0.3) is 0 Å². The van der Waals surface area contributed by atoms with E-state index in [1.807, 2.05) is 0 Å². The number of carboxylic acid groups (broad SMARTS) is 1. The maximum atomic E-state index is 11.9. The summed E-state index contributed by atoms with van der Waals surface area (Å²) in [7, 11) is 1.13. The Morgan fingerprint density at radius 3 is 2.14 bits per heavy atom. The summed E-state index contributed by atoms with van der Waals surface area (Å²) in [5.74, 6) is -2.96. The Hall–Kier alpha value is -0.734. The molecular weight excluding hydrogens is 303 g/mol. The maximum absolute atomic E-state index is 11.9. The molecule has 1 aromatic rings. The molecular formula is C14H15KO6. The zero-order chi connectivity index (χ0) is 15.4. The van der Waals surface area contributed by atoms with Crippen LogP contribution in [0, 0.1) is 13.8 Å². The second kappa shape index (κ2) is 8.65. The van der Waals surface area contributed by atoms with Gasteiger partial charge in [-0.1, -0.05) is 0 Å². The van der Waals surface area contributed by atoms with E-state index < -0.39 is 17.9 Å². The van der Waals surface area contributed by atoms with E-state index in [1.54, 1.807) is 13.8 Å². The van der Waals surface area contributed by atoms with E-state index in [2.05, 4.69) is 4.74 Å². The molecule has 1 aromatic carbocycles. The third-order valence-corrected chi connectivity index (χ3v) is 2.86. The third kappa shape index (κ3) is 4.37. The van der Waals surface area contributed by atoms with Crippen LogP contribution in [0.1, 0.15) is 49.1 Å². The summed E-state index contributed by atoms with van der Waals surface area (Å²) in [4.78, 5) is 34.7. The number of benzene rings is 1. The minimum atomic E-state index is -1.51. The van der Waals surface area contributed by atoms with E-state index in [1.165, 1.54) is 13.0 Å². The van der Waals surface area contributed by atoms with Gasteiger partial charge in [-0.25, -0.2) is 9.59 Å². The Labute approximate surface area is 165 Å². The van der Waals surface area contributed by atoms with Gasteiger partial charge in [-0.15, -0.1) is 0 Å². The molecule has 0 radical (unpaired) electrons. The van der Waals surface area contributed by atoms with Crippen molar-refractivity contribution < 1.29 is 80.3 Å². The molecule has 0 N–H and O–H groups in total. The van der Waals surface area contributed by atoms with E-state index in [-0.39, 0.29) is 80.2 Å². The molecule has 21 heavy (non-hydrogen) atoms. The molecule has 0 heterocycles. The van der Waals surface area contributed by atoms with Gasteiger partial charge in [0.05, 0.1) is 30.8 Å². The predicted octanol–water partition coefficient (Wildman–Crippen LogP) is -2.37. The van der Waals surface area contributed by atoms with E-state index in [9.17, 15) is 19.5 Å². The molecule has 0 saturated heterocycles. The van der Waals surface area contributed by atoms with E-state index in [0.29, 0.717) is 5.56 Å². The first-order chi connectivity index (χ1) is 9.34. The number of hydrogen-bond donors (Lipinski definition) is 0. The number of carbonyl (C=O) groups excluding carboxylic acids is 3. The molecule has 0 fully saturated rings. The van der Waals surface area contributed by atoms with Crippen LogP contribution in [-0.2, 0) is 9.47 Å². The summed E-state index contributed by atoms with van der Waals surface area (Å²) >= 11 is 0. The average Bonchev–Trinajstić information content (AvgIpc) is 2.37. The fourth-order valence-electron chi connectivity index (χ4n) is 2.03. The van der Waals surface area contributed by atoms with Crippen molar-refractivity contribution in [3.8, 4) is 0 Å². The van der Waals surface area contributed by atoms with Gasteiger partial charge in [0, 0.05) is 5.56 Å². The standard InChI is InChI=1S/C14H16O6.K/c1-5-20-14(18)10-7(2)6-9(12(15)16)11(8(10)3)13(17)19-4;/h6H,5H2,1-4H3,(H,15,16);/q;+1/p-1. The van der Waals surface area contributed by atoms with Gasteiger partial charge in [0.1, 0.15) is 0 Å². The van der Waals surface area contributed by atoms with E-state index >= 15 is 0 Å². The quantitative estimate of drug-likeness (QED) is 0.455. The fraction of sp³-hybridized carbons (Fsp3) is 0.357. The number of ether oxygens (including phenoxy) is 2. The van der Waals surface area contributed by atoms with Crippen molar-refractivity contribution in [1.82, 2.24) is 0 Å². The Kier molecular flexibility index (Phi) is 8.34. The zero-order valence-electron chi connectivity index (χ0n) is 12.7. The largest absolute Gasteiger partial charge is 1.00 e. The fourth-order valence-corrected chi connectivity index (χ4v) is 2.03. The van der Waals surface area contributed by atoms with Gasteiger partial charge >= 0.3 is 63.3 Å². The number of methoxy groups -OCH3 is 1. The molecule has 0 bridgehead atoms. The number of aromatic carboxylic acids is 1. The zero-order valence-corrected chi connectivity index (χ0v) is 15.9. The van der Waals surface area contributed by atoms with Crippen LogP contribution in [0.4, 0.5) is 0 Å². The van der Waals surface area contributed by atoms with E-state index in [4.69, 9.17) is 4.74 Å². The number of carbonyl (C=O) groups is 3. The SMILES string of the molecule is CCOC(=O)c1c(C)cc(C(=O)[O-])c(C(=O)OC)c1C.[K+]. The Bertz CT molecular complexity index is 579.